The minimum absolute atomic E-state index is 0.0600. The van der Waals surface area contributed by atoms with Crippen LogP contribution in [0.1, 0.15) is 101 Å². The van der Waals surface area contributed by atoms with E-state index in [1.54, 1.807) is 12.0 Å². The van der Waals surface area contributed by atoms with Crippen LogP contribution in [0, 0.1) is 18.3 Å². The van der Waals surface area contributed by atoms with Crippen LogP contribution < -0.4 is 9.64 Å². The third-order valence-electron chi connectivity index (χ3n) is 13.1. The minimum Gasteiger partial charge on any atom is -0.496 e. The van der Waals surface area contributed by atoms with Crippen molar-refractivity contribution in [2.75, 3.05) is 52.3 Å². The number of amides is 2. The van der Waals surface area contributed by atoms with Crippen molar-refractivity contribution in [3.63, 3.8) is 0 Å². The van der Waals surface area contributed by atoms with Crippen molar-refractivity contribution in [3.8, 4) is 16.9 Å². The van der Waals surface area contributed by atoms with Gasteiger partial charge in [-0.15, -0.1) is 0 Å². The SMILES string of the molecule is COc1ccc(C23CCC(CN(C(=O)C4CCCCC4)c4cc(-c5cnn(C(C)COC(=O)N6CCC(N(C)C)C6)c5)ccn4)(CC2)CC3)cc1C. The number of aromatic nitrogens is 3. The summed E-state index contributed by atoms with van der Waals surface area (Å²) in [6.07, 6.45) is 18.6. The maximum atomic E-state index is 14.5. The first-order chi connectivity index (χ1) is 25.1. The van der Waals surface area contributed by atoms with Crippen LogP contribution in [0.15, 0.2) is 48.9 Å². The van der Waals surface area contributed by atoms with Gasteiger partial charge in [-0.3, -0.25) is 14.4 Å². The average Bonchev–Trinajstić information content (AvgIpc) is 3.89. The zero-order valence-corrected chi connectivity index (χ0v) is 32.0. The molecule has 0 spiro atoms. The molecule has 1 aliphatic heterocycles. The Labute approximate surface area is 309 Å². The molecule has 10 heteroatoms. The highest BCUT2D eigenvalue weighted by Gasteiger charge is 2.50. The van der Waals surface area contributed by atoms with Gasteiger partial charge in [0.2, 0.25) is 5.91 Å². The molecule has 2 aromatic heterocycles. The molecule has 2 atom stereocenters. The van der Waals surface area contributed by atoms with Crippen LogP contribution in [0.25, 0.3) is 11.1 Å². The summed E-state index contributed by atoms with van der Waals surface area (Å²) in [5.41, 5.74) is 4.90. The Kier molecular flexibility index (Phi) is 10.7. The number of carbonyl (C=O) groups excluding carboxylic acids is 2. The van der Waals surface area contributed by atoms with Crippen molar-refractivity contribution in [1.82, 2.24) is 24.6 Å². The second-order valence-electron chi connectivity index (χ2n) is 16.6. The molecule has 10 nitrogen and oxygen atoms in total. The molecule has 280 valence electrons. The second kappa shape index (κ2) is 15.2. The molecule has 52 heavy (non-hydrogen) atoms. The second-order valence-corrected chi connectivity index (χ2v) is 16.6. The quantitative estimate of drug-likeness (QED) is 0.201. The molecule has 8 rings (SSSR count). The third kappa shape index (κ3) is 7.45. The fourth-order valence-electron chi connectivity index (χ4n) is 9.48. The van der Waals surface area contributed by atoms with E-state index in [9.17, 15) is 9.59 Å². The van der Waals surface area contributed by atoms with Gasteiger partial charge in [0.1, 0.15) is 18.2 Å². The summed E-state index contributed by atoms with van der Waals surface area (Å²) in [5, 5.41) is 4.65. The van der Waals surface area contributed by atoms with Gasteiger partial charge in [0.25, 0.3) is 0 Å². The molecule has 3 heterocycles. The fraction of sp³-hybridized carbons (Fsp3) is 0.619. The Hall–Kier alpha value is -3.92. The maximum Gasteiger partial charge on any atom is 0.409 e. The van der Waals surface area contributed by atoms with Gasteiger partial charge < -0.3 is 19.3 Å². The van der Waals surface area contributed by atoms with Crippen LogP contribution in [0.2, 0.25) is 0 Å². The minimum atomic E-state index is -0.262. The van der Waals surface area contributed by atoms with Gasteiger partial charge in [0.05, 0.1) is 19.3 Å². The maximum absolute atomic E-state index is 14.5. The molecule has 1 aromatic carbocycles. The molecule has 4 saturated carbocycles. The van der Waals surface area contributed by atoms with E-state index in [0.717, 1.165) is 106 Å². The highest BCUT2D eigenvalue weighted by atomic mass is 16.6. The number of likely N-dealkylation sites (tertiary alicyclic amines) is 1. The van der Waals surface area contributed by atoms with E-state index in [4.69, 9.17) is 14.5 Å². The number of methoxy groups -OCH3 is 1. The molecular weight excluding hydrogens is 652 g/mol. The number of pyridine rings is 1. The monoisotopic (exact) mass is 710 g/mol. The van der Waals surface area contributed by atoms with E-state index < -0.39 is 0 Å². The summed E-state index contributed by atoms with van der Waals surface area (Å²) < 4.78 is 13.1. The number of benzene rings is 1. The van der Waals surface area contributed by atoms with Crippen molar-refractivity contribution in [3.05, 3.63) is 60.0 Å². The molecular formula is C42H58N6O4. The number of aryl methyl sites for hydroxylation is 1. The topological polar surface area (TPSA) is 93.0 Å². The standard InChI is InChI=1S/C42H58N6O4/c1-30-23-35(11-12-37(30)51-5)42-18-15-41(16-19-42,17-20-42)29-47(39(49)32-9-7-6-8-10-32)38-24-33(13-21-43-38)34-25-44-48(26-34)31(2)28-52-40(50)46-22-14-36(27-46)45(3)4/h11-13,21,23-26,31-32,36H,6-10,14-20,22,27-29H2,1-5H3. The molecule has 0 radical (unpaired) electrons. The van der Waals surface area contributed by atoms with E-state index in [-0.39, 0.29) is 41.4 Å². The normalized spacial score (nSPS) is 25.3. The molecule has 4 aliphatic carbocycles. The van der Waals surface area contributed by atoms with Gasteiger partial charge in [-0.2, -0.15) is 5.10 Å². The van der Waals surface area contributed by atoms with Gasteiger partial charge >= 0.3 is 6.09 Å². The van der Waals surface area contributed by atoms with Crippen LogP contribution in [-0.2, 0) is 14.9 Å². The predicted octanol–water partition coefficient (Wildman–Crippen LogP) is 7.80. The lowest BCUT2D eigenvalue weighted by atomic mass is 9.51. The first kappa shape index (κ1) is 36.4. The van der Waals surface area contributed by atoms with Crippen molar-refractivity contribution >= 4 is 17.8 Å². The number of hydrogen-bond acceptors (Lipinski definition) is 7. The molecule has 3 aromatic rings. The van der Waals surface area contributed by atoms with E-state index in [1.807, 2.05) is 36.3 Å². The number of rotatable bonds is 11. The lowest BCUT2D eigenvalue weighted by Gasteiger charge is -2.55. The van der Waals surface area contributed by atoms with Gasteiger partial charge in [-0.05, 0) is 131 Å². The van der Waals surface area contributed by atoms with E-state index in [2.05, 4.69) is 60.2 Å². The van der Waals surface area contributed by atoms with Crippen molar-refractivity contribution in [2.45, 2.75) is 108 Å². The van der Waals surface area contributed by atoms with Crippen LogP contribution in [-0.4, -0.2) is 90.1 Å². The summed E-state index contributed by atoms with van der Waals surface area (Å²) in [4.78, 5) is 38.1. The van der Waals surface area contributed by atoms with E-state index >= 15 is 0 Å². The zero-order chi connectivity index (χ0) is 36.5. The van der Waals surface area contributed by atoms with Crippen LogP contribution >= 0.6 is 0 Å². The molecule has 2 unspecified atom stereocenters. The van der Waals surface area contributed by atoms with Gasteiger partial charge in [0.15, 0.2) is 0 Å². The Balaban J connectivity index is 1.05. The van der Waals surface area contributed by atoms with Crippen molar-refractivity contribution in [2.24, 2.45) is 11.3 Å². The zero-order valence-electron chi connectivity index (χ0n) is 32.0. The van der Waals surface area contributed by atoms with Crippen LogP contribution in [0.5, 0.6) is 5.75 Å². The molecule has 0 N–H and O–H groups in total. The molecule has 1 saturated heterocycles. The Morgan fingerprint density at radius 3 is 2.40 bits per heavy atom. The smallest absolute Gasteiger partial charge is 0.409 e. The molecule has 5 aliphatic rings. The number of anilines is 1. The van der Waals surface area contributed by atoms with Crippen molar-refractivity contribution < 1.29 is 19.1 Å². The Bertz CT molecular complexity index is 1710. The summed E-state index contributed by atoms with van der Waals surface area (Å²) in [5.74, 6) is 2.00. The first-order valence-corrected chi connectivity index (χ1v) is 19.6. The number of fused-ring (bicyclic) bond motifs is 3. The Morgan fingerprint density at radius 2 is 1.73 bits per heavy atom. The summed E-state index contributed by atoms with van der Waals surface area (Å²) in [6.45, 7) is 6.54. The number of carbonyl (C=O) groups is 2. The summed E-state index contributed by atoms with van der Waals surface area (Å²) in [7, 11) is 5.84. The molecule has 2 amide bonds. The highest BCUT2D eigenvalue weighted by Crippen LogP contribution is 2.58. The number of nitrogens with zero attached hydrogens (tertiary/aromatic N) is 6. The molecule has 2 bridgehead atoms. The number of likely N-dealkylation sites (N-methyl/N-ethyl adjacent to an activating group) is 1. The lowest BCUT2D eigenvalue weighted by molar-refractivity contribution is -0.124. The van der Waals surface area contributed by atoms with Crippen LogP contribution in [0.4, 0.5) is 10.6 Å². The number of hydrogen-bond donors (Lipinski definition) is 0. The summed E-state index contributed by atoms with van der Waals surface area (Å²) in [6, 6.07) is 11.1. The lowest BCUT2D eigenvalue weighted by Crippen LogP contribution is -2.51. The van der Waals surface area contributed by atoms with Crippen molar-refractivity contribution in [1.29, 1.82) is 0 Å². The predicted molar refractivity (Wildman–Crippen MR) is 204 cm³/mol. The van der Waals surface area contributed by atoms with Gasteiger partial charge in [0, 0.05) is 49.6 Å². The first-order valence-electron chi connectivity index (χ1n) is 19.6. The highest BCUT2D eigenvalue weighted by molar-refractivity contribution is 5.95. The van der Waals surface area contributed by atoms with Crippen LogP contribution in [0.3, 0.4) is 0 Å². The largest absolute Gasteiger partial charge is 0.496 e. The Morgan fingerprint density at radius 1 is 0.981 bits per heavy atom. The van der Waals surface area contributed by atoms with Gasteiger partial charge in [-0.1, -0.05) is 31.4 Å². The molecule has 5 fully saturated rings. The number of ether oxygens (including phenoxy) is 2. The van der Waals surface area contributed by atoms with Gasteiger partial charge in [-0.25, -0.2) is 9.78 Å². The third-order valence-corrected chi connectivity index (χ3v) is 13.1. The fourth-order valence-corrected chi connectivity index (χ4v) is 9.48. The average molecular weight is 711 g/mol. The van der Waals surface area contributed by atoms with E-state index in [0.29, 0.717) is 12.6 Å². The van der Waals surface area contributed by atoms with E-state index in [1.165, 1.54) is 17.5 Å². The summed E-state index contributed by atoms with van der Waals surface area (Å²) >= 11 is 0.